The molecule has 47 heavy (non-hydrogen) atoms. The molecule has 0 saturated carbocycles. The van der Waals surface area contributed by atoms with Gasteiger partial charge in [-0.2, -0.15) is 5.21 Å². The van der Waals surface area contributed by atoms with Gasteiger partial charge in [0.05, 0.1) is 30.3 Å². The number of hydrogen-bond acceptors (Lipinski definition) is 7. The summed E-state index contributed by atoms with van der Waals surface area (Å²) in [4.78, 5) is 34.5. The summed E-state index contributed by atoms with van der Waals surface area (Å²) in [7, 11) is 0. The normalized spacial score (nSPS) is 11.2. The lowest BCUT2D eigenvalue weighted by Gasteiger charge is -2.23. The van der Waals surface area contributed by atoms with Crippen LogP contribution >= 0.6 is 0 Å². The maximum atomic E-state index is 14.2. The summed E-state index contributed by atoms with van der Waals surface area (Å²) in [6.45, 7) is 2.64. The number of aryl methyl sites for hydroxylation is 1. The van der Waals surface area contributed by atoms with Crippen molar-refractivity contribution in [2.75, 3.05) is 4.90 Å². The van der Waals surface area contributed by atoms with Crippen molar-refractivity contribution in [3.8, 4) is 22.5 Å². The van der Waals surface area contributed by atoms with Crippen LogP contribution in [-0.2, 0) is 19.5 Å². The molecule has 0 fully saturated rings. The highest BCUT2D eigenvalue weighted by Crippen LogP contribution is 2.30. The molecule has 0 radical (unpaired) electrons. The fourth-order valence-corrected chi connectivity index (χ4v) is 5.75. The van der Waals surface area contributed by atoms with E-state index in [1.807, 2.05) is 84.9 Å². The zero-order valence-electron chi connectivity index (χ0n) is 25.7. The van der Waals surface area contributed by atoms with Crippen LogP contribution in [0.25, 0.3) is 33.4 Å². The lowest BCUT2D eigenvalue weighted by molar-refractivity contribution is 0.0983. The van der Waals surface area contributed by atoms with Gasteiger partial charge in [0, 0.05) is 23.2 Å². The van der Waals surface area contributed by atoms with E-state index >= 15 is 0 Å². The second kappa shape index (κ2) is 13.1. The van der Waals surface area contributed by atoms with E-state index < -0.39 is 0 Å². The molecule has 10 nitrogen and oxygen atoms in total. The first-order valence-electron chi connectivity index (χ1n) is 15.4. The third-order valence-corrected chi connectivity index (χ3v) is 8.08. The molecule has 3 aromatic heterocycles. The molecule has 1 amide bonds. The van der Waals surface area contributed by atoms with Crippen molar-refractivity contribution in [3.05, 3.63) is 149 Å². The van der Waals surface area contributed by atoms with Crippen LogP contribution in [0.3, 0.4) is 0 Å². The first kappa shape index (κ1) is 29.5. The number of carbonyl (C=O) groups excluding carboxylic acids is 1. The van der Waals surface area contributed by atoms with Crippen LogP contribution in [-0.4, -0.2) is 36.1 Å². The van der Waals surface area contributed by atoms with Crippen molar-refractivity contribution >= 4 is 22.5 Å². The second-order valence-corrected chi connectivity index (χ2v) is 11.2. The molecule has 0 unspecified atom stereocenters. The number of hydrogen-bond donors (Lipinski definition) is 1. The Bertz CT molecular complexity index is 2190. The number of nitrogens with one attached hydrogen (secondary N) is 1. The highest BCUT2D eigenvalue weighted by molar-refractivity contribution is 6.06. The first-order valence-corrected chi connectivity index (χ1v) is 15.4. The number of rotatable bonds is 10. The van der Waals surface area contributed by atoms with Gasteiger partial charge in [0.2, 0.25) is 5.82 Å². The molecule has 10 heteroatoms. The number of fused-ring (bicyclic) bond motifs is 1. The van der Waals surface area contributed by atoms with Crippen molar-refractivity contribution in [1.82, 2.24) is 30.2 Å². The molecule has 0 spiro atoms. The van der Waals surface area contributed by atoms with Crippen LogP contribution in [0, 0.1) is 0 Å². The lowest BCUT2D eigenvalue weighted by atomic mass is 9.98. The van der Waals surface area contributed by atoms with E-state index in [9.17, 15) is 9.59 Å². The molecule has 232 valence electrons. The van der Waals surface area contributed by atoms with Crippen molar-refractivity contribution in [2.45, 2.75) is 32.9 Å². The van der Waals surface area contributed by atoms with Gasteiger partial charge in [-0.05, 0) is 70.8 Å². The Morgan fingerprint density at radius 2 is 1.68 bits per heavy atom. The van der Waals surface area contributed by atoms with Crippen LogP contribution in [0.4, 0.5) is 5.69 Å². The van der Waals surface area contributed by atoms with Crippen molar-refractivity contribution < 1.29 is 9.21 Å². The molecular formula is C37H31N7O3. The summed E-state index contributed by atoms with van der Waals surface area (Å²) in [6, 6.07) is 34.1. The molecule has 0 atom stereocenters. The van der Waals surface area contributed by atoms with Gasteiger partial charge in [0.1, 0.15) is 11.6 Å². The minimum absolute atomic E-state index is 0.156. The molecule has 3 heterocycles. The maximum absolute atomic E-state index is 14.2. The summed E-state index contributed by atoms with van der Waals surface area (Å²) < 4.78 is 7.33. The molecule has 0 aliphatic heterocycles. The van der Waals surface area contributed by atoms with Gasteiger partial charge >= 0.3 is 0 Å². The number of H-pyrrole nitrogens is 1. The van der Waals surface area contributed by atoms with E-state index in [-0.39, 0.29) is 18.0 Å². The monoisotopic (exact) mass is 621 g/mol. The average molecular weight is 622 g/mol. The number of carbonyl (C=O) groups is 1. The standard InChI is InChI=1S/C37H31N7O3/c1-2-9-34-38-33-20-19-28(43(24-29-12-8-21-47-29)36(45)27-10-4-3-5-11-27)22-32(33)37(46)44(34)23-25-15-17-26(18-16-25)30-13-6-7-14-31(30)35-39-41-42-40-35/h3-8,10-22H,2,9,23-24H2,1H3,(H,39,40,41,42). The summed E-state index contributed by atoms with van der Waals surface area (Å²) in [6.07, 6.45) is 3.07. The van der Waals surface area contributed by atoms with Crippen LogP contribution in [0.1, 0.15) is 40.9 Å². The van der Waals surface area contributed by atoms with Crippen LogP contribution in [0.15, 0.2) is 125 Å². The van der Waals surface area contributed by atoms with Crippen LogP contribution < -0.4 is 10.5 Å². The Kier molecular flexibility index (Phi) is 8.21. The topological polar surface area (TPSA) is 123 Å². The molecule has 0 aliphatic rings. The summed E-state index contributed by atoms with van der Waals surface area (Å²) in [5.41, 5.74) is 5.37. The predicted octanol–water partition coefficient (Wildman–Crippen LogP) is 6.68. The van der Waals surface area contributed by atoms with Gasteiger partial charge in [0.25, 0.3) is 11.5 Å². The molecule has 7 aromatic rings. The fraction of sp³-hybridized carbons (Fsp3) is 0.135. The maximum Gasteiger partial charge on any atom is 0.261 e. The van der Waals surface area contributed by atoms with Crippen molar-refractivity contribution in [2.24, 2.45) is 0 Å². The van der Waals surface area contributed by atoms with Crippen LogP contribution in [0.2, 0.25) is 0 Å². The highest BCUT2D eigenvalue weighted by atomic mass is 16.3. The number of anilines is 1. The molecule has 7 rings (SSSR count). The largest absolute Gasteiger partial charge is 0.467 e. The third kappa shape index (κ3) is 6.08. The first-order chi connectivity index (χ1) is 23.1. The Balaban J connectivity index is 1.25. The van der Waals surface area contributed by atoms with Gasteiger partial charge in [-0.3, -0.25) is 14.2 Å². The average Bonchev–Trinajstić information content (AvgIpc) is 3.85. The molecule has 0 aliphatic carbocycles. The summed E-state index contributed by atoms with van der Waals surface area (Å²) in [5.74, 6) is 1.68. The number of amides is 1. The summed E-state index contributed by atoms with van der Waals surface area (Å²) >= 11 is 0. The molecule has 4 aromatic carbocycles. The number of aromatic nitrogens is 6. The van der Waals surface area contributed by atoms with Crippen molar-refractivity contribution in [3.63, 3.8) is 0 Å². The minimum atomic E-state index is -0.196. The van der Waals surface area contributed by atoms with E-state index in [0.717, 1.165) is 34.5 Å². The number of benzene rings is 4. The Labute approximate surface area is 270 Å². The molecule has 1 N–H and O–H groups in total. The third-order valence-electron chi connectivity index (χ3n) is 8.08. The second-order valence-electron chi connectivity index (χ2n) is 11.2. The number of tetrazole rings is 1. The van der Waals surface area contributed by atoms with Crippen LogP contribution in [0.5, 0.6) is 0 Å². The SMILES string of the molecule is CCCc1nc2ccc(N(Cc3ccco3)C(=O)c3ccccc3)cc2c(=O)n1Cc1ccc(-c2ccccc2-c2nn[nH]n2)cc1. The Morgan fingerprint density at radius 3 is 2.40 bits per heavy atom. The van der Waals surface area contributed by atoms with E-state index in [2.05, 4.69) is 27.5 Å². The number of furan rings is 1. The van der Waals surface area contributed by atoms with E-state index in [4.69, 9.17) is 9.40 Å². The van der Waals surface area contributed by atoms with E-state index in [1.54, 1.807) is 40.0 Å². The Morgan fingerprint density at radius 1 is 0.894 bits per heavy atom. The van der Waals surface area contributed by atoms with Gasteiger partial charge in [-0.15, -0.1) is 10.2 Å². The smallest absolute Gasteiger partial charge is 0.261 e. The van der Waals surface area contributed by atoms with E-state index in [0.29, 0.717) is 46.7 Å². The van der Waals surface area contributed by atoms with E-state index in [1.165, 1.54) is 0 Å². The predicted molar refractivity (Wildman–Crippen MR) is 180 cm³/mol. The Hall–Kier alpha value is -6.16. The van der Waals surface area contributed by atoms with Gasteiger partial charge < -0.3 is 9.32 Å². The van der Waals surface area contributed by atoms with Gasteiger partial charge in [0.15, 0.2) is 0 Å². The fourth-order valence-electron chi connectivity index (χ4n) is 5.75. The van der Waals surface area contributed by atoms with Gasteiger partial charge in [-0.1, -0.05) is 73.7 Å². The minimum Gasteiger partial charge on any atom is -0.467 e. The number of nitrogens with zero attached hydrogens (tertiary/aromatic N) is 6. The molecular weight excluding hydrogens is 590 g/mol. The highest BCUT2D eigenvalue weighted by Gasteiger charge is 2.21. The zero-order valence-corrected chi connectivity index (χ0v) is 25.7. The summed E-state index contributed by atoms with van der Waals surface area (Å²) in [5, 5.41) is 15.0. The molecule has 0 saturated heterocycles. The van der Waals surface area contributed by atoms with Gasteiger partial charge in [-0.25, -0.2) is 4.98 Å². The lowest BCUT2D eigenvalue weighted by Crippen LogP contribution is -2.31. The quantitative estimate of drug-likeness (QED) is 0.181. The zero-order chi connectivity index (χ0) is 32.2. The molecule has 0 bridgehead atoms. The number of aromatic amines is 1. The van der Waals surface area contributed by atoms with Crippen molar-refractivity contribution in [1.29, 1.82) is 0 Å².